The monoisotopic (exact) mass is 289 g/mol. The fourth-order valence-corrected chi connectivity index (χ4v) is 2.64. The summed E-state index contributed by atoms with van der Waals surface area (Å²) in [5, 5.41) is 0.785. The highest BCUT2D eigenvalue weighted by atomic mass is 35.5. The summed E-state index contributed by atoms with van der Waals surface area (Å²) >= 11 is 6.35. The summed E-state index contributed by atoms with van der Waals surface area (Å²) < 4.78 is 0. The van der Waals surface area contributed by atoms with Gasteiger partial charge < -0.3 is 10.6 Å². The van der Waals surface area contributed by atoms with Gasteiger partial charge in [-0.1, -0.05) is 23.7 Å². The Morgan fingerprint density at radius 3 is 2.60 bits per heavy atom. The average molecular weight is 290 g/mol. The number of halogens is 1. The van der Waals surface area contributed by atoms with Crippen LogP contribution in [-0.2, 0) is 12.8 Å². The van der Waals surface area contributed by atoms with E-state index in [1.165, 1.54) is 11.1 Å². The Labute approximate surface area is 125 Å². The zero-order valence-electron chi connectivity index (χ0n) is 11.7. The van der Waals surface area contributed by atoms with Crippen molar-refractivity contribution >= 4 is 17.3 Å². The van der Waals surface area contributed by atoms with E-state index in [4.69, 9.17) is 17.3 Å². The minimum atomic E-state index is 0.630. The highest BCUT2D eigenvalue weighted by Gasteiger charge is 2.11. The molecule has 20 heavy (non-hydrogen) atoms. The molecule has 2 aromatic rings. The molecular formula is C16H20ClN3. The number of aromatic nitrogens is 1. The van der Waals surface area contributed by atoms with Gasteiger partial charge in [-0.2, -0.15) is 0 Å². The maximum absolute atomic E-state index is 6.35. The number of hydrogen-bond acceptors (Lipinski definition) is 3. The number of pyridine rings is 1. The molecule has 1 aromatic heterocycles. The first-order valence-electron chi connectivity index (χ1n) is 6.80. The van der Waals surface area contributed by atoms with Crippen molar-refractivity contribution < 1.29 is 0 Å². The summed E-state index contributed by atoms with van der Waals surface area (Å²) in [5.74, 6) is 0. The molecular weight excluding hydrogens is 270 g/mol. The van der Waals surface area contributed by atoms with E-state index in [0.29, 0.717) is 6.54 Å². The maximum Gasteiger partial charge on any atom is 0.0642 e. The highest BCUT2D eigenvalue weighted by molar-refractivity contribution is 6.33. The van der Waals surface area contributed by atoms with Crippen molar-refractivity contribution in [3.05, 3.63) is 58.9 Å². The van der Waals surface area contributed by atoms with E-state index in [2.05, 4.69) is 23.0 Å². The molecule has 0 spiro atoms. The summed E-state index contributed by atoms with van der Waals surface area (Å²) in [6, 6.07) is 10.1. The summed E-state index contributed by atoms with van der Waals surface area (Å²) in [4.78, 5) is 6.24. The minimum absolute atomic E-state index is 0.630. The second kappa shape index (κ2) is 7.27. The predicted octanol–water partition coefficient (Wildman–Crippen LogP) is 2.92. The van der Waals surface area contributed by atoms with Crippen LogP contribution in [0.3, 0.4) is 0 Å². The fraction of sp³-hybridized carbons (Fsp3) is 0.312. The molecule has 0 atom stereocenters. The highest BCUT2D eigenvalue weighted by Crippen LogP contribution is 2.29. The zero-order valence-corrected chi connectivity index (χ0v) is 12.5. The average Bonchev–Trinajstić information content (AvgIpc) is 2.46. The third kappa shape index (κ3) is 3.71. The van der Waals surface area contributed by atoms with Crippen molar-refractivity contribution in [3.8, 4) is 0 Å². The molecule has 3 nitrogen and oxygen atoms in total. The Morgan fingerprint density at radius 2 is 1.90 bits per heavy atom. The Balaban J connectivity index is 2.10. The second-order valence-corrected chi connectivity index (χ2v) is 5.22. The van der Waals surface area contributed by atoms with Gasteiger partial charge in [0.05, 0.1) is 10.7 Å². The van der Waals surface area contributed by atoms with Crippen LogP contribution >= 0.6 is 11.6 Å². The number of anilines is 1. The third-order valence-corrected chi connectivity index (χ3v) is 3.66. The number of rotatable bonds is 6. The van der Waals surface area contributed by atoms with Crippen LogP contribution in [0, 0.1) is 0 Å². The number of hydrogen-bond donors (Lipinski definition) is 1. The molecule has 0 bridgehead atoms. The van der Waals surface area contributed by atoms with Crippen LogP contribution in [0.4, 0.5) is 5.69 Å². The van der Waals surface area contributed by atoms with Gasteiger partial charge in [0, 0.05) is 26.0 Å². The Kier molecular flexibility index (Phi) is 5.39. The summed E-state index contributed by atoms with van der Waals surface area (Å²) in [5.41, 5.74) is 9.25. The molecule has 0 aliphatic carbocycles. The third-order valence-electron chi connectivity index (χ3n) is 3.35. The molecule has 2 rings (SSSR count). The molecule has 0 saturated carbocycles. The van der Waals surface area contributed by atoms with E-state index in [1.807, 2.05) is 36.7 Å². The van der Waals surface area contributed by atoms with Gasteiger partial charge in [-0.15, -0.1) is 0 Å². The van der Waals surface area contributed by atoms with E-state index in [9.17, 15) is 0 Å². The normalized spacial score (nSPS) is 10.6. The van der Waals surface area contributed by atoms with Crippen LogP contribution in [0.15, 0.2) is 42.7 Å². The molecule has 2 N–H and O–H groups in total. The van der Waals surface area contributed by atoms with Gasteiger partial charge in [-0.3, -0.25) is 4.98 Å². The molecule has 0 aliphatic rings. The van der Waals surface area contributed by atoms with E-state index in [1.54, 1.807) is 0 Å². The SMILES string of the molecule is CN(CCc1ccncc1)c1c(Cl)cccc1CCN. The van der Waals surface area contributed by atoms with Crippen molar-refractivity contribution in [3.63, 3.8) is 0 Å². The van der Waals surface area contributed by atoms with Crippen LogP contribution in [0.1, 0.15) is 11.1 Å². The minimum Gasteiger partial charge on any atom is -0.373 e. The topological polar surface area (TPSA) is 42.2 Å². The van der Waals surface area contributed by atoms with Gasteiger partial charge in [0.1, 0.15) is 0 Å². The number of likely N-dealkylation sites (N-methyl/N-ethyl adjacent to an activating group) is 1. The molecule has 4 heteroatoms. The van der Waals surface area contributed by atoms with Gasteiger partial charge in [-0.05, 0) is 48.7 Å². The maximum atomic E-state index is 6.35. The van der Waals surface area contributed by atoms with Crippen LogP contribution < -0.4 is 10.6 Å². The van der Waals surface area contributed by atoms with Crippen molar-refractivity contribution in [1.82, 2.24) is 4.98 Å². The van der Waals surface area contributed by atoms with E-state index in [-0.39, 0.29) is 0 Å². The summed E-state index contributed by atoms with van der Waals surface area (Å²) in [7, 11) is 2.07. The lowest BCUT2D eigenvalue weighted by molar-refractivity contribution is 0.859. The van der Waals surface area contributed by atoms with Gasteiger partial charge in [0.2, 0.25) is 0 Å². The van der Waals surface area contributed by atoms with Crippen molar-refractivity contribution in [2.75, 3.05) is 25.0 Å². The van der Waals surface area contributed by atoms with E-state index >= 15 is 0 Å². The lowest BCUT2D eigenvalue weighted by Gasteiger charge is -2.23. The molecule has 0 amide bonds. The van der Waals surface area contributed by atoms with E-state index in [0.717, 1.165) is 30.1 Å². The van der Waals surface area contributed by atoms with E-state index < -0.39 is 0 Å². The van der Waals surface area contributed by atoms with Crippen LogP contribution in [0.5, 0.6) is 0 Å². The number of benzene rings is 1. The molecule has 106 valence electrons. The number of para-hydroxylation sites is 1. The first-order chi connectivity index (χ1) is 9.72. The quantitative estimate of drug-likeness (QED) is 0.889. The molecule has 1 aromatic carbocycles. The first kappa shape index (κ1) is 14.8. The largest absolute Gasteiger partial charge is 0.373 e. The Hall–Kier alpha value is -1.58. The zero-order chi connectivity index (χ0) is 14.4. The molecule has 0 saturated heterocycles. The molecule has 0 aliphatic heterocycles. The summed E-state index contributed by atoms with van der Waals surface area (Å²) in [6.07, 6.45) is 5.46. The van der Waals surface area contributed by atoms with Crippen LogP contribution in [0.2, 0.25) is 5.02 Å². The Bertz CT molecular complexity index is 543. The molecule has 1 heterocycles. The number of nitrogens with zero attached hydrogens (tertiary/aromatic N) is 2. The molecule has 0 unspecified atom stereocenters. The van der Waals surface area contributed by atoms with Gasteiger partial charge in [0.25, 0.3) is 0 Å². The van der Waals surface area contributed by atoms with Crippen molar-refractivity contribution in [2.45, 2.75) is 12.8 Å². The predicted molar refractivity (Wildman–Crippen MR) is 85.4 cm³/mol. The standard InChI is InChI=1S/C16H20ClN3/c1-20(12-8-13-6-10-19-11-7-13)16-14(5-9-18)3-2-4-15(16)17/h2-4,6-7,10-11H,5,8-9,12,18H2,1H3. The van der Waals surface area contributed by atoms with Gasteiger partial charge in [0.15, 0.2) is 0 Å². The van der Waals surface area contributed by atoms with Gasteiger partial charge in [-0.25, -0.2) is 0 Å². The van der Waals surface area contributed by atoms with Gasteiger partial charge >= 0.3 is 0 Å². The fourth-order valence-electron chi connectivity index (χ4n) is 2.30. The number of nitrogens with two attached hydrogens (primary N) is 1. The molecule has 0 radical (unpaired) electrons. The smallest absolute Gasteiger partial charge is 0.0642 e. The van der Waals surface area contributed by atoms with Crippen molar-refractivity contribution in [2.24, 2.45) is 5.73 Å². The van der Waals surface area contributed by atoms with Crippen LogP contribution in [0.25, 0.3) is 0 Å². The molecule has 0 fully saturated rings. The lowest BCUT2D eigenvalue weighted by atomic mass is 10.1. The first-order valence-corrected chi connectivity index (χ1v) is 7.17. The summed E-state index contributed by atoms with van der Waals surface area (Å²) in [6.45, 7) is 1.54. The Morgan fingerprint density at radius 1 is 1.15 bits per heavy atom. The van der Waals surface area contributed by atoms with Crippen LogP contribution in [-0.4, -0.2) is 25.1 Å². The second-order valence-electron chi connectivity index (χ2n) is 4.81. The van der Waals surface area contributed by atoms with Crippen molar-refractivity contribution in [1.29, 1.82) is 0 Å². The lowest BCUT2D eigenvalue weighted by Crippen LogP contribution is -2.22.